The van der Waals surface area contributed by atoms with Crippen molar-refractivity contribution < 1.29 is 23.9 Å². The molecule has 2 aromatic carbocycles. The lowest BCUT2D eigenvalue weighted by Gasteiger charge is -2.28. The number of anilines is 1. The SMILES string of the molecule is CCOc1ccc(OCC)c(N2C(=O)NC(=O)/C(=C\c3cccc(Cl)c3)C2=O)c1. The molecule has 29 heavy (non-hydrogen) atoms. The summed E-state index contributed by atoms with van der Waals surface area (Å²) in [6.07, 6.45) is 1.38. The summed E-state index contributed by atoms with van der Waals surface area (Å²) in [5.41, 5.74) is 0.541. The molecule has 0 saturated carbocycles. The number of nitrogens with one attached hydrogen (secondary N) is 1. The Labute approximate surface area is 172 Å². The van der Waals surface area contributed by atoms with Crippen molar-refractivity contribution in [2.45, 2.75) is 13.8 Å². The minimum atomic E-state index is -0.863. The molecule has 1 aliphatic heterocycles. The van der Waals surface area contributed by atoms with Crippen LogP contribution < -0.4 is 19.7 Å². The third-order valence-electron chi connectivity index (χ3n) is 4.04. The van der Waals surface area contributed by atoms with Gasteiger partial charge in [-0.1, -0.05) is 23.7 Å². The molecule has 3 rings (SSSR count). The van der Waals surface area contributed by atoms with E-state index in [4.69, 9.17) is 21.1 Å². The molecule has 0 radical (unpaired) electrons. The van der Waals surface area contributed by atoms with E-state index < -0.39 is 17.8 Å². The molecule has 1 N–H and O–H groups in total. The summed E-state index contributed by atoms with van der Waals surface area (Å²) in [6.45, 7) is 4.34. The Morgan fingerprint density at radius 1 is 1.03 bits per heavy atom. The number of halogens is 1. The highest BCUT2D eigenvalue weighted by atomic mass is 35.5. The number of amides is 4. The highest BCUT2D eigenvalue weighted by molar-refractivity contribution is 6.39. The van der Waals surface area contributed by atoms with Gasteiger partial charge in [-0.2, -0.15) is 0 Å². The fourth-order valence-corrected chi connectivity index (χ4v) is 3.04. The van der Waals surface area contributed by atoms with Crippen molar-refractivity contribution in [3.05, 3.63) is 58.6 Å². The van der Waals surface area contributed by atoms with E-state index in [1.54, 1.807) is 43.3 Å². The van der Waals surface area contributed by atoms with E-state index in [0.29, 0.717) is 35.3 Å². The van der Waals surface area contributed by atoms with Crippen molar-refractivity contribution >= 4 is 41.2 Å². The normalized spacial score (nSPS) is 15.5. The Bertz CT molecular complexity index is 1000. The van der Waals surface area contributed by atoms with E-state index in [0.717, 1.165) is 4.90 Å². The Kier molecular flexibility index (Phi) is 6.19. The van der Waals surface area contributed by atoms with Crippen LogP contribution in [-0.2, 0) is 9.59 Å². The summed E-state index contributed by atoms with van der Waals surface area (Å²) < 4.78 is 11.0. The van der Waals surface area contributed by atoms with Gasteiger partial charge in [0.25, 0.3) is 11.8 Å². The Morgan fingerprint density at radius 2 is 1.79 bits per heavy atom. The van der Waals surface area contributed by atoms with Gasteiger partial charge < -0.3 is 9.47 Å². The van der Waals surface area contributed by atoms with Gasteiger partial charge in [0.15, 0.2) is 0 Å². The molecular formula is C21H19ClN2O5. The Hall–Kier alpha value is -3.32. The third kappa shape index (κ3) is 4.41. The van der Waals surface area contributed by atoms with Crippen LogP contribution in [0.5, 0.6) is 11.5 Å². The highest BCUT2D eigenvalue weighted by Gasteiger charge is 2.38. The number of barbiturate groups is 1. The maximum atomic E-state index is 13.1. The quantitative estimate of drug-likeness (QED) is 0.574. The van der Waals surface area contributed by atoms with Crippen molar-refractivity contribution in [2.24, 2.45) is 0 Å². The standard InChI is InChI=1S/C21H19ClN2O5/c1-3-28-15-8-9-18(29-4-2)17(12-15)24-20(26)16(19(25)23-21(24)27)11-13-6-5-7-14(22)10-13/h5-12H,3-4H2,1-2H3,(H,23,25,27)/b16-11+. The van der Waals surface area contributed by atoms with Crippen LogP contribution in [-0.4, -0.2) is 31.1 Å². The van der Waals surface area contributed by atoms with Gasteiger partial charge in [0.1, 0.15) is 17.1 Å². The monoisotopic (exact) mass is 414 g/mol. The van der Waals surface area contributed by atoms with E-state index in [2.05, 4.69) is 5.32 Å². The fraction of sp³-hybridized carbons (Fsp3) is 0.190. The molecule has 7 nitrogen and oxygen atoms in total. The van der Waals surface area contributed by atoms with Crippen molar-refractivity contribution in [3.63, 3.8) is 0 Å². The topological polar surface area (TPSA) is 84.9 Å². The molecule has 8 heteroatoms. The van der Waals surface area contributed by atoms with Crippen LogP contribution in [0.1, 0.15) is 19.4 Å². The van der Waals surface area contributed by atoms with Gasteiger partial charge in [-0.25, -0.2) is 9.69 Å². The first-order chi connectivity index (χ1) is 13.9. The van der Waals surface area contributed by atoms with Crippen LogP contribution >= 0.6 is 11.6 Å². The van der Waals surface area contributed by atoms with Gasteiger partial charge >= 0.3 is 6.03 Å². The molecule has 0 atom stereocenters. The lowest BCUT2D eigenvalue weighted by Crippen LogP contribution is -2.54. The molecule has 0 aromatic heterocycles. The molecule has 150 valence electrons. The van der Waals surface area contributed by atoms with Crippen molar-refractivity contribution in [3.8, 4) is 11.5 Å². The second kappa shape index (κ2) is 8.79. The molecule has 2 aromatic rings. The zero-order valence-corrected chi connectivity index (χ0v) is 16.7. The van der Waals surface area contributed by atoms with Crippen molar-refractivity contribution in [2.75, 3.05) is 18.1 Å². The summed E-state index contributed by atoms with van der Waals surface area (Å²) in [4.78, 5) is 38.8. The summed E-state index contributed by atoms with van der Waals surface area (Å²) in [5.74, 6) is -0.775. The number of carbonyl (C=O) groups is 3. The van der Waals surface area contributed by atoms with Gasteiger partial charge in [-0.05, 0) is 49.8 Å². The van der Waals surface area contributed by atoms with Crippen LogP contribution in [0, 0.1) is 0 Å². The molecule has 0 spiro atoms. The molecule has 1 saturated heterocycles. The number of benzene rings is 2. The predicted molar refractivity (Wildman–Crippen MR) is 109 cm³/mol. The van der Waals surface area contributed by atoms with E-state index in [-0.39, 0.29) is 11.3 Å². The number of nitrogens with zero attached hydrogens (tertiary/aromatic N) is 1. The number of hydrogen-bond donors (Lipinski definition) is 1. The molecule has 1 fully saturated rings. The van der Waals surface area contributed by atoms with Crippen LogP contribution in [0.15, 0.2) is 48.0 Å². The van der Waals surface area contributed by atoms with Gasteiger partial charge in [0.2, 0.25) is 0 Å². The van der Waals surface area contributed by atoms with Crippen LogP contribution in [0.3, 0.4) is 0 Å². The summed E-state index contributed by atoms with van der Waals surface area (Å²) in [5, 5.41) is 2.65. The number of hydrogen-bond acceptors (Lipinski definition) is 5. The second-order valence-corrected chi connectivity index (χ2v) is 6.44. The first-order valence-corrected chi connectivity index (χ1v) is 9.39. The number of carbonyl (C=O) groups excluding carboxylic acids is 3. The van der Waals surface area contributed by atoms with Crippen LogP contribution in [0.4, 0.5) is 10.5 Å². The van der Waals surface area contributed by atoms with E-state index in [1.807, 2.05) is 6.92 Å². The largest absolute Gasteiger partial charge is 0.494 e. The lowest BCUT2D eigenvalue weighted by atomic mass is 10.1. The molecule has 0 unspecified atom stereocenters. The highest BCUT2D eigenvalue weighted by Crippen LogP contribution is 2.35. The smallest absolute Gasteiger partial charge is 0.336 e. The number of ether oxygens (including phenoxy) is 2. The maximum Gasteiger partial charge on any atom is 0.336 e. The molecule has 1 aliphatic rings. The first kappa shape index (κ1) is 20.4. The van der Waals surface area contributed by atoms with E-state index >= 15 is 0 Å². The number of rotatable bonds is 6. The summed E-state index contributed by atoms with van der Waals surface area (Å²) >= 11 is 5.98. The molecule has 1 heterocycles. The average molecular weight is 415 g/mol. The third-order valence-corrected chi connectivity index (χ3v) is 4.28. The summed E-state index contributed by atoms with van der Waals surface area (Å²) in [6, 6.07) is 10.6. The van der Waals surface area contributed by atoms with Crippen molar-refractivity contribution in [1.82, 2.24) is 5.32 Å². The lowest BCUT2D eigenvalue weighted by molar-refractivity contribution is -0.122. The van der Waals surface area contributed by atoms with Crippen molar-refractivity contribution in [1.29, 1.82) is 0 Å². The van der Waals surface area contributed by atoms with Gasteiger partial charge in [0.05, 0.1) is 18.9 Å². The molecule has 0 bridgehead atoms. The molecule has 0 aliphatic carbocycles. The van der Waals surface area contributed by atoms with E-state index in [1.165, 1.54) is 12.1 Å². The molecule has 4 amide bonds. The first-order valence-electron chi connectivity index (χ1n) is 9.01. The molecular weight excluding hydrogens is 396 g/mol. The Morgan fingerprint density at radius 3 is 2.48 bits per heavy atom. The zero-order valence-electron chi connectivity index (χ0n) is 15.9. The predicted octanol–water partition coefficient (Wildman–Crippen LogP) is 3.80. The second-order valence-electron chi connectivity index (χ2n) is 6.01. The average Bonchev–Trinajstić information content (AvgIpc) is 2.67. The van der Waals surface area contributed by atoms with E-state index in [9.17, 15) is 14.4 Å². The summed E-state index contributed by atoms with van der Waals surface area (Å²) in [7, 11) is 0. The maximum absolute atomic E-state index is 13.1. The Balaban J connectivity index is 2.07. The van der Waals surface area contributed by atoms with Crippen LogP contribution in [0.2, 0.25) is 5.02 Å². The van der Waals surface area contributed by atoms with Crippen LogP contribution in [0.25, 0.3) is 6.08 Å². The minimum Gasteiger partial charge on any atom is -0.494 e. The number of imide groups is 2. The minimum absolute atomic E-state index is 0.185. The van der Waals surface area contributed by atoms with Gasteiger partial charge in [-0.3, -0.25) is 14.9 Å². The van der Waals surface area contributed by atoms with Gasteiger partial charge in [-0.15, -0.1) is 0 Å². The fourth-order valence-electron chi connectivity index (χ4n) is 2.85. The number of urea groups is 1. The van der Waals surface area contributed by atoms with Gasteiger partial charge in [0, 0.05) is 11.1 Å². The zero-order chi connectivity index (χ0) is 21.0.